The lowest BCUT2D eigenvalue weighted by molar-refractivity contribution is 0.0809. The van der Waals surface area contributed by atoms with E-state index in [9.17, 15) is 13.0 Å². The minimum absolute atomic E-state index is 0.346. The fourth-order valence-corrected chi connectivity index (χ4v) is 5.39. The molecule has 4 fully saturated rings. The Kier molecular flexibility index (Phi) is 1.75. The molecular weight excluding hydrogens is 212 g/mol. The zero-order chi connectivity index (χ0) is 10.8. The number of hydrogen-bond donors (Lipinski definition) is 1. The van der Waals surface area contributed by atoms with Gasteiger partial charge in [0.15, 0.2) is 0 Å². The van der Waals surface area contributed by atoms with Crippen LogP contribution in [-0.4, -0.2) is 17.7 Å². The summed E-state index contributed by atoms with van der Waals surface area (Å²) in [5.74, 6) is 1.19. The smallest absolute Gasteiger partial charge is 0.270 e. The van der Waals surface area contributed by atoms with Gasteiger partial charge < -0.3 is 0 Å². The van der Waals surface area contributed by atoms with Crippen molar-refractivity contribution in [3.8, 4) is 0 Å². The Hall–Kier alpha value is -0.350. The molecule has 4 aliphatic rings. The maximum atomic E-state index is 11.5. The van der Waals surface area contributed by atoms with Crippen molar-refractivity contribution in [2.75, 3.05) is 0 Å². The SMILES string of the molecule is C=C1C2CC3CC1CC(S(=O)(=O)O)(C3)C2. The van der Waals surface area contributed by atoms with Crippen LogP contribution in [0.1, 0.15) is 32.1 Å². The van der Waals surface area contributed by atoms with Gasteiger partial charge in [-0.25, -0.2) is 0 Å². The van der Waals surface area contributed by atoms with Gasteiger partial charge in [0.2, 0.25) is 0 Å². The average Bonchev–Trinajstić information content (AvgIpc) is 2.10. The Morgan fingerprint density at radius 2 is 1.73 bits per heavy atom. The van der Waals surface area contributed by atoms with Gasteiger partial charge >= 0.3 is 0 Å². The van der Waals surface area contributed by atoms with Crippen molar-refractivity contribution in [2.45, 2.75) is 36.9 Å². The van der Waals surface area contributed by atoms with Gasteiger partial charge in [0.25, 0.3) is 10.1 Å². The van der Waals surface area contributed by atoms with Crippen LogP contribution in [0.4, 0.5) is 0 Å². The lowest BCUT2D eigenvalue weighted by atomic mass is 9.54. The molecule has 4 aliphatic carbocycles. The third kappa shape index (κ3) is 1.18. The van der Waals surface area contributed by atoms with Crippen LogP contribution in [0.25, 0.3) is 0 Å². The highest BCUT2D eigenvalue weighted by molar-refractivity contribution is 7.87. The highest BCUT2D eigenvalue weighted by Gasteiger charge is 2.58. The summed E-state index contributed by atoms with van der Waals surface area (Å²) in [4.78, 5) is 0. The van der Waals surface area contributed by atoms with Gasteiger partial charge in [-0.1, -0.05) is 12.2 Å². The molecule has 0 spiro atoms. The van der Waals surface area contributed by atoms with E-state index in [1.807, 2.05) is 0 Å². The molecular formula is C11H16O3S. The fourth-order valence-electron chi connectivity index (χ4n) is 4.12. The van der Waals surface area contributed by atoms with Crippen LogP contribution in [-0.2, 0) is 10.1 Å². The van der Waals surface area contributed by atoms with E-state index in [0.717, 1.165) is 12.8 Å². The fraction of sp³-hybridized carbons (Fsp3) is 0.818. The molecule has 2 unspecified atom stereocenters. The Morgan fingerprint density at radius 3 is 2.20 bits per heavy atom. The Bertz CT molecular complexity index is 405. The lowest BCUT2D eigenvalue weighted by Crippen LogP contribution is -2.55. The van der Waals surface area contributed by atoms with Crippen molar-refractivity contribution in [1.82, 2.24) is 0 Å². The number of rotatable bonds is 1. The van der Waals surface area contributed by atoms with Gasteiger partial charge in [-0.15, -0.1) is 0 Å². The summed E-state index contributed by atoms with van der Waals surface area (Å²) in [5, 5.41) is 0. The second-order valence-electron chi connectivity index (χ2n) is 5.58. The van der Waals surface area contributed by atoms with Gasteiger partial charge in [-0.2, -0.15) is 8.42 Å². The second kappa shape index (κ2) is 2.66. The first-order valence-electron chi connectivity index (χ1n) is 5.57. The second-order valence-corrected chi connectivity index (χ2v) is 7.39. The molecule has 0 aromatic carbocycles. The predicted molar refractivity (Wildman–Crippen MR) is 57.0 cm³/mol. The number of hydrogen-bond acceptors (Lipinski definition) is 2. The average molecular weight is 228 g/mol. The van der Waals surface area contributed by atoms with Crippen LogP contribution in [0.2, 0.25) is 0 Å². The van der Waals surface area contributed by atoms with Crippen LogP contribution < -0.4 is 0 Å². The molecule has 4 rings (SSSR count). The minimum Gasteiger partial charge on any atom is -0.285 e. The quantitative estimate of drug-likeness (QED) is 0.551. The summed E-state index contributed by atoms with van der Waals surface area (Å²) in [6.07, 6.45) is 4.07. The third-order valence-corrected chi connectivity index (χ3v) is 6.32. The van der Waals surface area contributed by atoms with Gasteiger partial charge in [-0.3, -0.25) is 4.55 Å². The van der Waals surface area contributed by atoms with Crippen molar-refractivity contribution in [2.24, 2.45) is 17.8 Å². The number of allylic oxidation sites excluding steroid dienone is 1. The molecule has 4 bridgehead atoms. The molecule has 4 saturated carbocycles. The maximum absolute atomic E-state index is 11.5. The summed E-state index contributed by atoms with van der Waals surface area (Å²) in [6.45, 7) is 4.09. The van der Waals surface area contributed by atoms with E-state index in [2.05, 4.69) is 6.58 Å². The highest BCUT2D eigenvalue weighted by Crippen LogP contribution is 2.60. The molecule has 3 nitrogen and oxygen atoms in total. The largest absolute Gasteiger partial charge is 0.285 e. The van der Waals surface area contributed by atoms with Crippen LogP contribution in [0.15, 0.2) is 12.2 Å². The zero-order valence-corrected chi connectivity index (χ0v) is 9.46. The van der Waals surface area contributed by atoms with Crippen molar-refractivity contribution in [1.29, 1.82) is 0 Å². The Morgan fingerprint density at radius 1 is 1.20 bits per heavy atom. The first-order valence-corrected chi connectivity index (χ1v) is 7.01. The van der Waals surface area contributed by atoms with Crippen LogP contribution in [0, 0.1) is 17.8 Å². The van der Waals surface area contributed by atoms with Crippen LogP contribution in [0.3, 0.4) is 0 Å². The molecule has 15 heavy (non-hydrogen) atoms. The summed E-state index contributed by atoms with van der Waals surface area (Å²) in [5.41, 5.74) is 1.24. The van der Waals surface area contributed by atoms with Crippen LogP contribution >= 0.6 is 0 Å². The van der Waals surface area contributed by atoms with Crippen molar-refractivity contribution < 1.29 is 13.0 Å². The molecule has 0 aliphatic heterocycles. The van der Waals surface area contributed by atoms with Crippen LogP contribution in [0.5, 0.6) is 0 Å². The van der Waals surface area contributed by atoms with Gasteiger partial charge in [0.1, 0.15) is 0 Å². The van der Waals surface area contributed by atoms with Gasteiger partial charge in [0, 0.05) is 0 Å². The predicted octanol–water partition coefficient (Wildman–Crippen LogP) is 2.01. The minimum atomic E-state index is -3.89. The van der Waals surface area contributed by atoms with Gasteiger partial charge in [0.05, 0.1) is 4.75 Å². The monoisotopic (exact) mass is 228 g/mol. The molecule has 0 aromatic heterocycles. The lowest BCUT2D eigenvalue weighted by Gasteiger charge is -2.55. The van der Waals surface area contributed by atoms with E-state index in [0.29, 0.717) is 37.0 Å². The highest BCUT2D eigenvalue weighted by atomic mass is 32.2. The van der Waals surface area contributed by atoms with E-state index in [1.165, 1.54) is 5.57 Å². The first-order chi connectivity index (χ1) is 6.91. The standard InChI is InChI=1S/C11H16O3S/c1-7-9-2-8-3-10(7)6-11(4-8,5-9)15(12,13)14/h8-10H,1-6H2,(H,12,13,14). The summed E-state index contributed by atoms with van der Waals surface area (Å²) in [6, 6.07) is 0. The summed E-state index contributed by atoms with van der Waals surface area (Å²) < 4.78 is 31.6. The molecule has 1 N–H and O–H groups in total. The summed E-state index contributed by atoms with van der Waals surface area (Å²) in [7, 11) is -3.89. The van der Waals surface area contributed by atoms with Crippen molar-refractivity contribution in [3.63, 3.8) is 0 Å². The van der Waals surface area contributed by atoms with E-state index in [-0.39, 0.29) is 0 Å². The Balaban J connectivity index is 2.06. The molecule has 0 amide bonds. The van der Waals surface area contributed by atoms with E-state index < -0.39 is 14.9 Å². The van der Waals surface area contributed by atoms with Gasteiger partial charge in [-0.05, 0) is 49.9 Å². The zero-order valence-electron chi connectivity index (χ0n) is 8.65. The Labute approximate surface area is 90.3 Å². The molecule has 2 atom stereocenters. The first kappa shape index (κ1) is 9.85. The van der Waals surface area contributed by atoms with E-state index in [1.54, 1.807) is 0 Å². The molecule has 4 heteroatoms. The van der Waals surface area contributed by atoms with Crippen molar-refractivity contribution >= 4 is 10.1 Å². The topological polar surface area (TPSA) is 54.4 Å². The maximum Gasteiger partial charge on any atom is 0.270 e. The normalized spacial score (nSPS) is 48.6. The van der Waals surface area contributed by atoms with E-state index >= 15 is 0 Å². The third-order valence-electron chi connectivity index (χ3n) is 4.73. The molecule has 0 radical (unpaired) electrons. The molecule has 0 heterocycles. The summed E-state index contributed by atoms with van der Waals surface area (Å²) >= 11 is 0. The molecule has 0 aromatic rings. The molecule has 0 saturated heterocycles. The molecule has 84 valence electrons. The van der Waals surface area contributed by atoms with Crippen molar-refractivity contribution in [3.05, 3.63) is 12.2 Å². The van der Waals surface area contributed by atoms with E-state index in [4.69, 9.17) is 0 Å².